The van der Waals surface area contributed by atoms with Crippen molar-refractivity contribution < 1.29 is 0 Å². The lowest BCUT2D eigenvalue weighted by molar-refractivity contribution is 0.318. The van der Waals surface area contributed by atoms with Gasteiger partial charge in [-0.1, -0.05) is 0 Å². The van der Waals surface area contributed by atoms with Gasteiger partial charge in [-0.3, -0.25) is 4.68 Å². The van der Waals surface area contributed by atoms with Crippen molar-refractivity contribution in [3.05, 3.63) is 12.2 Å². The van der Waals surface area contributed by atoms with Crippen molar-refractivity contribution in [2.75, 3.05) is 13.1 Å². The number of nitrogens with one attached hydrogen (secondary N) is 1. The van der Waals surface area contributed by atoms with Crippen LogP contribution < -0.4 is 5.32 Å². The van der Waals surface area contributed by atoms with Gasteiger partial charge in [-0.15, -0.1) is 0 Å². The maximum atomic E-state index is 4.20. The van der Waals surface area contributed by atoms with E-state index in [9.17, 15) is 0 Å². The van der Waals surface area contributed by atoms with Gasteiger partial charge in [-0.2, -0.15) is 5.10 Å². The summed E-state index contributed by atoms with van der Waals surface area (Å²) in [5, 5.41) is 7.56. The van der Waals surface area contributed by atoms with E-state index in [1.807, 2.05) is 11.6 Å². The van der Waals surface area contributed by atoms with Crippen LogP contribution in [0, 0.1) is 12.8 Å². The largest absolute Gasteiger partial charge is 0.317 e. The fourth-order valence-electron chi connectivity index (χ4n) is 1.81. The van der Waals surface area contributed by atoms with Crippen LogP contribution in [0.5, 0.6) is 0 Å². The molecule has 1 saturated heterocycles. The highest BCUT2D eigenvalue weighted by molar-refractivity contribution is 4.80. The Balaban J connectivity index is 1.93. The van der Waals surface area contributed by atoms with Crippen LogP contribution in [0.1, 0.15) is 18.7 Å². The van der Waals surface area contributed by atoms with Crippen LogP contribution >= 0.6 is 0 Å². The molecule has 4 nitrogen and oxygen atoms in total. The van der Waals surface area contributed by atoms with E-state index in [0.29, 0.717) is 0 Å². The molecule has 4 heteroatoms. The molecule has 1 N–H and O–H groups in total. The van der Waals surface area contributed by atoms with Gasteiger partial charge < -0.3 is 5.32 Å². The number of aromatic nitrogens is 3. The molecule has 0 spiro atoms. The van der Waals surface area contributed by atoms with Gasteiger partial charge in [0.15, 0.2) is 0 Å². The molecule has 0 bridgehead atoms. The molecule has 0 aromatic carbocycles. The van der Waals surface area contributed by atoms with Crippen molar-refractivity contribution in [2.45, 2.75) is 26.3 Å². The third-order valence-electron chi connectivity index (χ3n) is 2.70. The third kappa shape index (κ3) is 2.06. The lowest BCUT2D eigenvalue weighted by Crippen LogP contribution is -2.30. The summed E-state index contributed by atoms with van der Waals surface area (Å²) >= 11 is 0. The minimum absolute atomic E-state index is 0.779. The number of hydrogen-bond donors (Lipinski definition) is 1. The quantitative estimate of drug-likeness (QED) is 0.724. The van der Waals surface area contributed by atoms with Crippen LogP contribution in [0.2, 0.25) is 0 Å². The van der Waals surface area contributed by atoms with E-state index >= 15 is 0 Å². The minimum Gasteiger partial charge on any atom is -0.317 e. The van der Waals surface area contributed by atoms with E-state index in [4.69, 9.17) is 0 Å². The number of aryl methyl sites for hydroxylation is 1. The summed E-state index contributed by atoms with van der Waals surface area (Å²) in [4.78, 5) is 4.12. The second-order valence-corrected chi connectivity index (χ2v) is 3.68. The number of piperidine rings is 1. The average molecular weight is 180 g/mol. The molecule has 1 fully saturated rings. The van der Waals surface area contributed by atoms with Crippen LogP contribution in [0.25, 0.3) is 0 Å². The number of rotatable bonds is 2. The molecule has 2 rings (SSSR count). The second-order valence-electron chi connectivity index (χ2n) is 3.68. The molecule has 0 radical (unpaired) electrons. The topological polar surface area (TPSA) is 42.7 Å². The summed E-state index contributed by atoms with van der Waals surface area (Å²) in [6.07, 6.45) is 4.16. The second kappa shape index (κ2) is 3.87. The van der Waals surface area contributed by atoms with Gasteiger partial charge in [0, 0.05) is 6.54 Å². The van der Waals surface area contributed by atoms with Crippen molar-refractivity contribution in [1.82, 2.24) is 20.1 Å². The lowest BCUT2D eigenvalue weighted by atomic mass is 9.98. The molecule has 1 aliphatic rings. The maximum absolute atomic E-state index is 4.20. The Morgan fingerprint density at radius 3 is 2.92 bits per heavy atom. The molecule has 0 atom stereocenters. The predicted molar refractivity (Wildman–Crippen MR) is 50.4 cm³/mol. The van der Waals surface area contributed by atoms with Crippen LogP contribution in [-0.4, -0.2) is 27.9 Å². The number of hydrogen-bond acceptors (Lipinski definition) is 3. The van der Waals surface area contributed by atoms with Gasteiger partial charge in [-0.05, 0) is 38.8 Å². The van der Waals surface area contributed by atoms with Gasteiger partial charge in [0.1, 0.15) is 12.2 Å². The molecule has 2 heterocycles. The Kier molecular flexibility index (Phi) is 2.59. The first kappa shape index (κ1) is 8.69. The van der Waals surface area contributed by atoms with E-state index in [1.165, 1.54) is 12.8 Å². The monoisotopic (exact) mass is 180 g/mol. The van der Waals surface area contributed by atoms with Crippen LogP contribution in [0.4, 0.5) is 0 Å². The van der Waals surface area contributed by atoms with Gasteiger partial charge in [0.2, 0.25) is 0 Å². The highest BCUT2D eigenvalue weighted by atomic mass is 15.3. The smallest absolute Gasteiger partial charge is 0.138 e. The van der Waals surface area contributed by atoms with E-state index in [2.05, 4.69) is 15.4 Å². The zero-order valence-corrected chi connectivity index (χ0v) is 8.03. The first-order valence-electron chi connectivity index (χ1n) is 4.91. The summed E-state index contributed by atoms with van der Waals surface area (Å²) in [7, 11) is 0. The van der Waals surface area contributed by atoms with E-state index in [0.717, 1.165) is 31.4 Å². The van der Waals surface area contributed by atoms with E-state index in [-0.39, 0.29) is 0 Å². The molecule has 0 aliphatic carbocycles. The first-order valence-corrected chi connectivity index (χ1v) is 4.91. The van der Waals surface area contributed by atoms with Crippen LogP contribution in [0.15, 0.2) is 6.33 Å². The minimum atomic E-state index is 0.779. The maximum Gasteiger partial charge on any atom is 0.138 e. The molecule has 72 valence electrons. The Labute approximate surface area is 78.4 Å². The molecular formula is C9H16N4. The molecule has 1 aliphatic heterocycles. The summed E-state index contributed by atoms with van der Waals surface area (Å²) in [6, 6.07) is 0. The van der Waals surface area contributed by atoms with Gasteiger partial charge in [-0.25, -0.2) is 4.98 Å². The number of nitrogens with zero attached hydrogens (tertiary/aromatic N) is 3. The Hall–Kier alpha value is -0.900. The first-order chi connectivity index (χ1) is 6.36. The summed E-state index contributed by atoms with van der Waals surface area (Å²) in [6.45, 7) is 5.35. The highest BCUT2D eigenvalue weighted by Gasteiger charge is 2.14. The molecule has 1 aromatic heterocycles. The van der Waals surface area contributed by atoms with Crippen molar-refractivity contribution in [2.24, 2.45) is 5.92 Å². The van der Waals surface area contributed by atoms with Crippen LogP contribution in [0.3, 0.4) is 0 Å². The van der Waals surface area contributed by atoms with Gasteiger partial charge in [0.05, 0.1) is 0 Å². The normalized spacial score (nSPS) is 19.2. The molecular weight excluding hydrogens is 164 g/mol. The van der Waals surface area contributed by atoms with Gasteiger partial charge >= 0.3 is 0 Å². The highest BCUT2D eigenvalue weighted by Crippen LogP contribution is 2.13. The van der Waals surface area contributed by atoms with Crippen molar-refractivity contribution in [3.63, 3.8) is 0 Å². The summed E-state index contributed by atoms with van der Waals surface area (Å²) < 4.78 is 2.01. The zero-order valence-electron chi connectivity index (χ0n) is 8.03. The van der Waals surface area contributed by atoms with E-state index in [1.54, 1.807) is 6.33 Å². The zero-order chi connectivity index (χ0) is 9.10. The average Bonchev–Trinajstić information content (AvgIpc) is 2.54. The SMILES string of the molecule is Cc1ncnn1CC1CCNCC1. The lowest BCUT2D eigenvalue weighted by Gasteiger charge is -2.22. The Morgan fingerprint density at radius 1 is 1.54 bits per heavy atom. The predicted octanol–water partition coefficient (Wildman–Crippen LogP) is 0.586. The van der Waals surface area contributed by atoms with Crippen molar-refractivity contribution in [3.8, 4) is 0 Å². The van der Waals surface area contributed by atoms with Crippen molar-refractivity contribution >= 4 is 0 Å². The molecule has 0 amide bonds. The fraction of sp³-hybridized carbons (Fsp3) is 0.778. The summed E-state index contributed by atoms with van der Waals surface area (Å²) in [5.41, 5.74) is 0. The molecule has 0 saturated carbocycles. The van der Waals surface area contributed by atoms with Gasteiger partial charge in [0.25, 0.3) is 0 Å². The molecule has 1 aromatic rings. The Morgan fingerprint density at radius 2 is 2.31 bits per heavy atom. The standard InChI is InChI=1S/C9H16N4/c1-8-11-7-12-13(8)6-9-2-4-10-5-3-9/h7,9-10H,2-6H2,1H3. The summed E-state index contributed by atoms with van der Waals surface area (Å²) in [5.74, 6) is 1.81. The fourth-order valence-corrected chi connectivity index (χ4v) is 1.81. The van der Waals surface area contributed by atoms with Crippen LogP contribution in [-0.2, 0) is 6.54 Å². The molecule has 0 unspecified atom stereocenters. The Bertz CT molecular complexity index is 262. The van der Waals surface area contributed by atoms with Crippen molar-refractivity contribution in [1.29, 1.82) is 0 Å². The molecule has 13 heavy (non-hydrogen) atoms. The third-order valence-corrected chi connectivity index (χ3v) is 2.70. The van der Waals surface area contributed by atoms with E-state index < -0.39 is 0 Å².